The molecule has 122 valence electrons. The summed E-state index contributed by atoms with van der Waals surface area (Å²) in [5, 5.41) is 9.87. The molecule has 0 radical (unpaired) electrons. The molecule has 0 saturated heterocycles. The summed E-state index contributed by atoms with van der Waals surface area (Å²) >= 11 is 5.95. The number of halogens is 1. The van der Waals surface area contributed by atoms with Gasteiger partial charge in [-0.05, 0) is 42.8 Å². The van der Waals surface area contributed by atoms with Gasteiger partial charge in [-0.1, -0.05) is 17.7 Å². The first-order chi connectivity index (χ1) is 11.0. The Hall–Kier alpha value is -2.40. The smallest absolute Gasteiger partial charge is 0.339 e. The number of aryl methyl sites for hydroxylation is 1. The van der Waals surface area contributed by atoms with Gasteiger partial charge < -0.3 is 19.3 Å². The number of carboxylic acids is 1. The Balaban J connectivity index is 1.98. The van der Waals surface area contributed by atoms with E-state index in [2.05, 4.69) is 0 Å². The lowest BCUT2D eigenvalue weighted by Crippen LogP contribution is -2.12. The monoisotopic (exact) mass is 336 g/mol. The van der Waals surface area contributed by atoms with E-state index in [1.54, 1.807) is 24.3 Å². The molecule has 1 N–H and O–H groups in total. The molecule has 5 nitrogen and oxygen atoms in total. The maximum atomic E-state index is 11.2. The third kappa shape index (κ3) is 4.29. The fourth-order valence-corrected chi connectivity index (χ4v) is 2.12. The zero-order valence-corrected chi connectivity index (χ0v) is 13.6. The van der Waals surface area contributed by atoms with Crippen LogP contribution in [0.4, 0.5) is 0 Å². The summed E-state index contributed by atoms with van der Waals surface area (Å²) < 4.78 is 16.2. The minimum Gasteiger partial charge on any atom is -0.493 e. The molecular formula is C17H17ClO5. The van der Waals surface area contributed by atoms with Crippen molar-refractivity contribution in [2.45, 2.75) is 6.92 Å². The van der Waals surface area contributed by atoms with Crippen LogP contribution in [0.5, 0.6) is 17.2 Å². The van der Waals surface area contributed by atoms with Gasteiger partial charge in [-0.15, -0.1) is 0 Å². The molecule has 0 spiro atoms. The first-order valence-corrected chi connectivity index (χ1v) is 7.32. The zero-order chi connectivity index (χ0) is 16.8. The van der Waals surface area contributed by atoms with Gasteiger partial charge in [0.2, 0.25) is 0 Å². The van der Waals surface area contributed by atoms with Gasteiger partial charge in [-0.25, -0.2) is 4.79 Å². The number of hydrogen-bond donors (Lipinski definition) is 1. The number of carbonyl (C=O) groups is 1. The van der Waals surface area contributed by atoms with Gasteiger partial charge in [-0.2, -0.15) is 0 Å². The maximum Gasteiger partial charge on any atom is 0.339 e. The number of methoxy groups -OCH3 is 1. The second-order valence-electron chi connectivity index (χ2n) is 4.75. The van der Waals surface area contributed by atoms with Crippen LogP contribution < -0.4 is 14.2 Å². The summed E-state index contributed by atoms with van der Waals surface area (Å²) in [4.78, 5) is 11.2. The molecule has 0 bridgehead atoms. The number of hydrogen-bond acceptors (Lipinski definition) is 4. The van der Waals surface area contributed by atoms with Crippen LogP contribution in [0.1, 0.15) is 15.9 Å². The number of rotatable bonds is 7. The summed E-state index contributed by atoms with van der Waals surface area (Å²) in [5.41, 5.74) is 0.967. The molecule has 0 saturated carbocycles. The number of carboxylic acid groups (broad SMARTS) is 1. The summed E-state index contributed by atoms with van der Waals surface area (Å²) in [5.74, 6) is 0.160. The van der Waals surface area contributed by atoms with E-state index in [1.807, 2.05) is 13.0 Å². The first kappa shape index (κ1) is 17.0. The minimum atomic E-state index is -1.08. The van der Waals surface area contributed by atoms with Gasteiger partial charge >= 0.3 is 5.97 Å². The summed E-state index contributed by atoms with van der Waals surface area (Å²) in [6.07, 6.45) is 0. The molecule has 2 rings (SSSR count). The molecule has 0 aliphatic rings. The fourth-order valence-electron chi connectivity index (χ4n) is 2.00. The molecule has 0 aliphatic carbocycles. The molecule has 0 aliphatic heterocycles. The van der Waals surface area contributed by atoms with Gasteiger partial charge in [0.15, 0.2) is 11.5 Å². The predicted octanol–water partition coefficient (Wildman–Crippen LogP) is 3.81. The van der Waals surface area contributed by atoms with E-state index in [4.69, 9.17) is 25.8 Å². The molecule has 23 heavy (non-hydrogen) atoms. The lowest BCUT2D eigenvalue weighted by molar-refractivity contribution is 0.0690. The van der Waals surface area contributed by atoms with Crippen molar-refractivity contribution in [2.24, 2.45) is 0 Å². The SMILES string of the molecule is COc1cccc(C(=O)O)c1OCCOc1ccc(Cl)c(C)c1. The Morgan fingerprint density at radius 3 is 2.57 bits per heavy atom. The van der Waals surface area contributed by atoms with Gasteiger partial charge in [0.25, 0.3) is 0 Å². The van der Waals surface area contributed by atoms with Crippen molar-refractivity contribution in [3.63, 3.8) is 0 Å². The second-order valence-corrected chi connectivity index (χ2v) is 5.16. The predicted molar refractivity (Wildman–Crippen MR) is 87.1 cm³/mol. The molecule has 0 heterocycles. The van der Waals surface area contributed by atoms with Crippen molar-refractivity contribution < 1.29 is 24.1 Å². The van der Waals surface area contributed by atoms with E-state index in [0.29, 0.717) is 16.5 Å². The second kappa shape index (κ2) is 7.74. The molecule has 2 aromatic rings. The fraction of sp³-hybridized carbons (Fsp3) is 0.235. The van der Waals surface area contributed by atoms with E-state index in [0.717, 1.165) is 5.56 Å². The Morgan fingerprint density at radius 2 is 1.91 bits per heavy atom. The first-order valence-electron chi connectivity index (χ1n) is 6.95. The Kier molecular flexibility index (Phi) is 5.71. The van der Waals surface area contributed by atoms with Gasteiger partial charge in [-0.3, -0.25) is 0 Å². The number of para-hydroxylation sites is 1. The number of ether oxygens (including phenoxy) is 3. The maximum absolute atomic E-state index is 11.2. The van der Waals surface area contributed by atoms with Crippen molar-refractivity contribution in [1.82, 2.24) is 0 Å². The van der Waals surface area contributed by atoms with Crippen molar-refractivity contribution >= 4 is 17.6 Å². The average molecular weight is 337 g/mol. The Labute approximate surface area is 139 Å². The van der Waals surface area contributed by atoms with Gasteiger partial charge in [0, 0.05) is 5.02 Å². The molecular weight excluding hydrogens is 320 g/mol. The molecule has 0 amide bonds. The highest BCUT2D eigenvalue weighted by atomic mass is 35.5. The molecule has 0 atom stereocenters. The third-order valence-corrected chi connectivity index (χ3v) is 3.58. The van der Waals surface area contributed by atoms with Crippen LogP contribution in [0.2, 0.25) is 5.02 Å². The Morgan fingerprint density at radius 1 is 1.17 bits per heavy atom. The van der Waals surface area contributed by atoms with E-state index < -0.39 is 5.97 Å². The number of benzene rings is 2. The van der Waals surface area contributed by atoms with Crippen LogP contribution in [-0.2, 0) is 0 Å². The van der Waals surface area contributed by atoms with Crippen molar-refractivity contribution in [1.29, 1.82) is 0 Å². The van der Waals surface area contributed by atoms with E-state index >= 15 is 0 Å². The quantitative estimate of drug-likeness (QED) is 0.779. The summed E-state index contributed by atoms with van der Waals surface area (Å²) in [6, 6.07) is 10.1. The van der Waals surface area contributed by atoms with Crippen molar-refractivity contribution in [2.75, 3.05) is 20.3 Å². The van der Waals surface area contributed by atoms with E-state index in [9.17, 15) is 9.90 Å². The van der Waals surface area contributed by atoms with Gasteiger partial charge in [0.05, 0.1) is 7.11 Å². The number of aromatic carboxylic acids is 1. The van der Waals surface area contributed by atoms with Crippen LogP contribution in [0.3, 0.4) is 0 Å². The van der Waals surface area contributed by atoms with Crippen LogP contribution >= 0.6 is 11.6 Å². The zero-order valence-electron chi connectivity index (χ0n) is 12.8. The normalized spacial score (nSPS) is 10.2. The lowest BCUT2D eigenvalue weighted by atomic mass is 10.2. The minimum absolute atomic E-state index is 0.0479. The Bertz CT molecular complexity index is 699. The molecule has 0 unspecified atom stereocenters. The summed E-state index contributed by atoms with van der Waals surface area (Å²) in [6.45, 7) is 2.33. The van der Waals surface area contributed by atoms with Crippen LogP contribution in [0, 0.1) is 6.92 Å². The van der Waals surface area contributed by atoms with Crippen molar-refractivity contribution in [3.8, 4) is 17.2 Å². The van der Waals surface area contributed by atoms with Crippen LogP contribution in [-0.4, -0.2) is 31.4 Å². The molecule has 2 aromatic carbocycles. The molecule has 6 heteroatoms. The van der Waals surface area contributed by atoms with E-state index in [-0.39, 0.29) is 24.5 Å². The summed E-state index contributed by atoms with van der Waals surface area (Å²) in [7, 11) is 1.46. The van der Waals surface area contributed by atoms with Gasteiger partial charge in [0.1, 0.15) is 24.5 Å². The highest BCUT2D eigenvalue weighted by molar-refractivity contribution is 6.31. The standard InChI is InChI=1S/C17H17ClO5/c1-11-10-12(6-7-14(11)18)22-8-9-23-16-13(17(19)20)4-3-5-15(16)21-2/h3-7,10H,8-9H2,1-2H3,(H,19,20). The molecule has 0 aromatic heterocycles. The largest absolute Gasteiger partial charge is 0.493 e. The highest BCUT2D eigenvalue weighted by Crippen LogP contribution is 2.31. The third-order valence-electron chi connectivity index (χ3n) is 3.16. The highest BCUT2D eigenvalue weighted by Gasteiger charge is 2.16. The van der Waals surface area contributed by atoms with Crippen LogP contribution in [0.25, 0.3) is 0 Å². The van der Waals surface area contributed by atoms with Crippen LogP contribution in [0.15, 0.2) is 36.4 Å². The van der Waals surface area contributed by atoms with E-state index in [1.165, 1.54) is 13.2 Å². The topological polar surface area (TPSA) is 65.0 Å². The van der Waals surface area contributed by atoms with Crippen molar-refractivity contribution in [3.05, 3.63) is 52.5 Å². The molecule has 0 fully saturated rings. The average Bonchev–Trinajstić information content (AvgIpc) is 2.54. The lowest BCUT2D eigenvalue weighted by Gasteiger charge is -2.13.